The number of fused-ring (bicyclic) bond motifs is 1. The van der Waals surface area contributed by atoms with Gasteiger partial charge >= 0.3 is 0 Å². The smallest absolute Gasteiger partial charge is 0.215 e. The number of hydrogen-bond donors (Lipinski definition) is 1. The molecule has 1 unspecified atom stereocenters. The number of halogens is 1. The molecule has 2 aliphatic rings. The number of hydrogen-bond acceptors (Lipinski definition) is 5. The number of ketones is 1. The predicted octanol–water partition coefficient (Wildman–Crippen LogP) is 3.96. The first-order valence-corrected chi connectivity index (χ1v) is 9.50. The summed E-state index contributed by atoms with van der Waals surface area (Å²) in [6.07, 6.45) is 2.97. The molecule has 0 aromatic heterocycles. The summed E-state index contributed by atoms with van der Waals surface area (Å²) in [6.45, 7) is 3.64. The highest BCUT2D eigenvalue weighted by Gasteiger charge is 2.30. The van der Waals surface area contributed by atoms with E-state index in [0.29, 0.717) is 23.4 Å². The summed E-state index contributed by atoms with van der Waals surface area (Å²) in [4.78, 5) is 17.2. The summed E-state index contributed by atoms with van der Waals surface area (Å²) < 4.78 is 0. The highest BCUT2D eigenvalue weighted by molar-refractivity contribution is 6.30. The second kappa shape index (κ2) is 7.53. The van der Waals surface area contributed by atoms with E-state index in [1.165, 1.54) is 11.1 Å². The molecular weight excluding hydrogens is 360 g/mol. The normalized spacial score (nSPS) is 18.1. The monoisotopic (exact) mass is 380 g/mol. The molecule has 4 rings (SSSR count). The van der Waals surface area contributed by atoms with Crippen molar-refractivity contribution in [1.82, 2.24) is 10.3 Å². The molecule has 6 heteroatoms. The summed E-state index contributed by atoms with van der Waals surface area (Å²) in [6, 6.07) is 13.4. The van der Waals surface area contributed by atoms with Crippen LogP contribution in [-0.4, -0.2) is 36.1 Å². The Bertz CT molecular complexity index is 920. The van der Waals surface area contributed by atoms with E-state index in [1.807, 2.05) is 11.2 Å². The number of rotatable bonds is 4. The Morgan fingerprint density at radius 3 is 2.81 bits per heavy atom. The lowest BCUT2D eigenvalue weighted by molar-refractivity contribution is 0.0969. The number of benzene rings is 2. The largest absolute Gasteiger partial charge is 0.353 e. The van der Waals surface area contributed by atoms with Gasteiger partial charge in [-0.3, -0.25) is 4.79 Å². The molecule has 1 atom stereocenters. The molecule has 0 amide bonds. The van der Waals surface area contributed by atoms with E-state index in [0.717, 1.165) is 24.6 Å². The Balaban J connectivity index is 1.58. The maximum Gasteiger partial charge on any atom is 0.215 e. The fraction of sp³-hybridized carbons (Fsp3) is 0.286. The minimum Gasteiger partial charge on any atom is -0.353 e. The Labute approximate surface area is 163 Å². The molecule has 2 aromatic rings. The van der Waals surface area contributed by atoms with E-state index in [1.54, 1.807) is 24.3 Å². The molecule has 0 fully saturated rings. The number of carbonyl (C=O) groups is 1. The highest BCUT2D eigenvalue weighted by Crippen LogP contribution is 2.33. The lowest BCUT2D eigenvalue weighted by Gasteiger charge is -2.33. The average molecular weight is 381 g/mol. The Morgan fingerprint density at radius 1 is 1.26 bits per heavy atom. The van der Waals surface area contributed by atoms with Crippen LogP contribution in [0, 0.1) is 6.92 Å². The zero-order valence-electron chi connectivity index (χ0n) is 15.2. The van der Waals surface area contributed by atoms with E-state index < -0.39 is 0 Å². The summed E-state index contributed by atoms with van der Waals surface area (Å²) in [5.74, 6) is 0.887. The second-order valence-corrected chi connectivity index (χ2v) is 7.27. The Morgan fingerprint density at radius 2 is 2.07 bits per heavy atom. The van der Waals surface area contributed by atoms with Gasteiger partial charge in [0.1, 0.15) is 0 Å². The molecule has 0 bridgehead atoms. The number of carbonyl (C=O) groups excluding carboxylic acids is 1. The van der Waals surface area contributed by atoms with Crippen LogP contribution >= 0.6 is 11.6 Å². The Hall–Kier alpha value is -2.66. The van der Waals surface area contributed by atoms with Gasteiger partial charge in [-0.05, 0) is 43.2 Å². The van der Waals surface area contributed by atoms with Crippen LogP contribution in [0.3, 0.4) is 0 Å². The molecule has 0 saturated carbocycles. The Kier molecular flexibility index (Phi) is 4.94. The van der Waals surface area contributed by atoms with Crippen molar-refractivity contribution in [1.29, 1.82) is 0 Å². The molecule has 2 aliphatic heterocycles. The molecule has 1 N–H and O–H groups in total. The van der Waals surface area contributed by atoms with Crippen molar-refractivity contribution in [3.8, 4) is 0 Å². The summed E-state index contributed by atoms with van der Waals surface area (Å²) in [5.41, 5.74) is 4.16. The molecule has 2 heterocycles. The van der Waals surface area contributed by atoms with Crippen molar-refractivity contribution in [3.05, 3.63) is 69.7 Å². The summed E-state index contributed by atoms with van der Waals surface area (Å²) in [7, 11) is 0. The van der Waals surface area contributed by atoms with Crippen LogP contribution in [0.4, 0.5) is 0 Å². The number of nitrogens with zero attached hydrogens (tertiary/aromatic N) is 3. The minimum atomic E-state index is -0.0220. The van der Waals surface area contributed by atoms with E-state index in [9.17, 15) is 4.79 Å². The van der Waals surface area contributed by atoms with Crippen LogP contribution in [0.1, 0.15) is 45.9 Å². The molecule has 0 saturated heterocycles. The van der Waals surface area contributed by atoms with Crippen molar-refractivity contribution in [2.45, 2.75) is 25.8 Å². The van der Waals surface area contributed by atoms with Gasteiger partial charge in [-0.25, -0.2) is 10.0 Å². The third kappa shape index (κ3) is 3.74. The highest BCUT2D eigenvalue weighted by atomic mass is 35.5. The van der Waals surface area contributed by atoms with Crippen molar-refractivity contribution in [2.24, 2.45) is 10.1 Å². The van der Waals surface area contributed by atoms with E-state index in [4.69, 9.17) is 11.6 Å². The standard InChI is InChI=1S/C21H21ClN4O/c1-14-2-7-18-16(12-14)13-25-26(21-23-10-11-24-21)19(18)8-9-20(27)15-3-5-17(22)6-4-15/h2-7,12-13,19H,8-11H2,1H3,(H,23,24). The third-order valence-electron chi connectivity index (χ3n) is 4.90. The minimum absolute atomic E-state index is 0.0220. The van der Waals surface area contributed by atoms with Crippen molar-refractivity contribution in [2.75, 3.05) is 13.1 Å². The number of nitrogens with one attached hydrogen (secondary N) is 1. The molecule has 2 aromatic carbocycles. The lowest BCUT2D eigenvalue weighted by Crippen LogP contribution is -2.40. The quantitative estimate of drug-likeness (QED) is 0.817. The van der Waals surface area contributed by atoms with Gasteiger partial charge in [-0.2, -0.15) is 5.10 Å². The first-order chi connectivity index (χ1) is 13.1. The van der Waals surface area contributed by atoms with E-state index in [2.05, 4.69) is 40.5 Å². The van der Waals surface area contributed by atoms with Gasteiger partial charge in [0.25, 0.3) is 0 Å². The van der Waals surface area contributed by atoms with Crippen LogP contribution in [0.15, 0.2) is 52.6 Å². The van der Waals surface area contributed by atoms with Gasteiger partial charge in [0.2, 0.25) is 5.96 Å². The predicted molar refractivity (Wildman–Crippen MR) is 109 cm³/mol. The van der Waals surface area contributed by atoms with Crippen molar-refractivity contribution in [3.63, 3.8) is 0 Å². The molecule has 0 aliphatic carbocycles. The SMILES string of the molecule is Cc1ccc2c(c1)C=NN(C1=NCCN1)C2CCC(=O)c1ccc(Cl)cc1. The van der Waals surface area contributed by atoms with Crippen LogP contribution in [0.2, 0.25) is 5.02 Å². The fourth-order valence-electron chi connectivity index (χ4n) is 3.51. The van der Waals surface area contributed by atoms with Gasteiger partial charge < -0.3 is 5.32 Å². The average Bonchev–Trinajstić information content (AvgIpc) is 3.20. The van der Waals surface area contributed by atoms with Crippen LogP contribution in [-0.2, 0) is 0 Å². The number of aliphatic imine (C=N–C) groups is 1. The molecule has 138 valence electrons. The number of guanidine groups is 1. The summed E-state index contributed by atoms with van der Waals surface area (Å²) in [5, 5.41) is 10.5. The van der Waals surface area contributed by atoms with Gasteiger partial charge in [0, 0.05) is 29.1 Å². The number of Topliss-reactive ketones (excluding diaryl/α,β-unsaturated/α-hetero) is 1. The third-order valence-corrected chi connectivity index (χ3v) is 5.15. The lowest BCUT2D eigenvalue weighted by atomic mass is 9.92. The van der Waals surface area contributed by atoms with Crippen molar-refractivity contribution >= 4 is 29.6 Å². The molecular formula is C21H21ClN4O. The van der Waals surface area contributed by atoms with Gasteiger partial charge in [0.05, 0.1) is 18.8 Å². The topological polar surface area (TPSA) is 57.1 Å². The first kappa shape index (κ1) is 17.7. The van der Waals surface area contributed by atoms with Gasteiger partial charge in [-0.15, -0.1) is 0 Å². The number of aryl methyl sites for hydroxylation is 1. The molecule has 27 heavy (non-hydrogen) atoms. The zero-order valence-corrected chi connectivity index (χ0v) is 15.9. The molecule has 0 radical (unpaired) electrons. The number of hydrazone groups is 1. The van der Waals surface area contributed by atoms with Gasteiger partial charge in [-0.1, -0.05) is 35.4 Å². The maximum atomic E-state index is 12.6. The second-order valence-electron chi connectivity index (χ2n) is 6.84. The van der Waals surface area contributed by atoms with E-state index in [-0.39, 0.29) is 11.8 Å². The summed E-state index contributed by atoms with van der Waals surface area (Å²) >= 11 is 5.92. The zero-order chi connectivity index (χ0) is 18.8. The van der Waals surface area contributed by atoms with Crippen LogP contribution in [0.25, 0.3) is 0 Å². The van der Waals surface area contributed by atoms with Crippen LogP contribution < -0.4 is 5.32 Å². The molecule has 5 nitrogen and oxygen atoms in total. The van der Waals surface area contributed by atoms with Crippen LogP contribution in [0.5, 0.6) is 0 Å². The van der Waals surface area contributed by atoms with E-state index >= 15 is 0 Å². The van der Waals surface area contributed by atoms with Gasteiger partial charge in [0.15, 0.2) is 5.78 Å². The van der Waals surface area contributed by atoms with Crippen molar-refractivity contribution < 1.29 is 4.79 Å². The fourth-order valence-corrected chi connectivity index (χ4v) is 3.64. The maximum absolute atomic E-state index is 12.6. The first-order valence-electron chi connectivity index (χ1n) is 9.13. The molecule has 0 spiro atoms.